The van der Waals surface area contributed by atoms with Crippen molar-refractivity contribution in [2.75, 3.05) is 0 Å². The zero-order valence-corrected chi connectivity index (χ0v) is 21.9. The zero-order chi connectivity index (χ0) is 27.0. The van der Waals surface area contributed by atoms with Crippen LogP contribution < -0.4 is 19.6 Å². The fourth-order valence-electron chi connectivity index (χ4n) is 3.57. The Morgan fingerprint density at radius 1 is 0.795 bits per heavy atom. The van der Waals surface area contributed by atoms with E-state index in [4.69, 9.17) is 25.8 Å². The fraction of sp³-hybridized carbons (Fsp3) is 0.0333. The third-order valence-corrected chi connectivity index (χ3v) is 7.06. The number of hydrogen-bond donors (Lipinski definition) is 1. The number of ether oxygens (including phenoxy) is 3. The molecule has 9 heteroatoms. The van der Waals surface area contributed by atoms with Crippen molar-refractivity contribution in [1.29, 1.82) is 0 Å². The molecule has 39 heavy (non-hydrogen) atoms. The third kappa shape index (κ3) is 6.43. The molecule has 1 aromatic heterocycles. The number of para-hydroxylation sites is 3. The van der Waals surface area contributed by atoms with Crippen LogP contribution in [0.4, 0.5) is 0 Å². The van der Waals surface area contributed by atoms with Gasteiger partial charge in [0, 0.05) is 15.6 Å². The first-order valence-electron chi connectivity index (χ1n) is 11.8. The van der Waals surface area contributed by atoms with Crippen LogP contribution in [0.1, 0.15) is 15.2 Å². The molecule has 0 atom stereocenters. The predicted octanol–water partition coefficient (Wildman–Crippen LogP) is 6.71. The van der Waals surface area contributed by atoms with E-state index in [9.17, 15) is 9.59 Å². The van der Waals surface area contributed by atoms with Crippen molar-refractivity contribution >= 4 is 51.1 Å². The number of rotatable bonds is 9. The topological polar surface area (TPSA) is 86.2 Å². The molecular formula is C30H21ClN2O5S. The number of hydrazone groups is 1. The average Bonchev–Trinajstić information content (AvgIpc) is 3.31. The molecule has 1 heterocycles. The number of hydrogen-bond acceptors (Lipinski definition) is 7. The van der Waals surface area contributed by atoms with E-state index in [0.29, 0.717) is 27.0 Å². The summed E-state index contributed by atoms with van der Waals surface area (Å²) in [6.07, 6.45) is 0.0601. The van der Waals surface area contributed by atoms with Crippen molar-refractivity contribution in [3.05, 3.63) is 125 Å². The molecule has 0 bridgehead atoms. The fourth-order valence-corrected chi connectivity index (χ4v) is 4.95. The lowest BCUT2D eigenvalue weighted by molar-refractivity contribution is -0.140. The SMILES string of the molecule is O=C(Oc1ccccc1/C=N/NC(=O)C(Oc1ccccc1)Oc1ccccc1)c1sc2ccccc2c1Cl. The van der Waals surface area contributed by atoms with Gasteiger partial charge in [-0.05, 0) is 42.5 Å². The molecule has 0 spiro atoms. The Morgan fingerprint density at radius 3 is 2.05 bits per heavy atom. The van der Waals surface area contributed by atoms with Crippen LogP contribution in [0.15, 0.2) is 114 Å². The number of esters is 1. The molecule has 194 valence electrons. The van der Waals surface area contributed by atoms with Gasteiger partial charge >= 0.3 is 18.2 Å². The Hall–Kier alpha value is -4.66. The molecule has 1 amide bonds. The number of carbonyl (C=O) groups is 2. The Morgan fingerprint density at radius 2 is 1.38 bits per heavy atom. The van der Waals surface area contributed by atoms with Crippen LogP contribution in [0, 0.1) is 0 Å². The first-order chi connectivity index (χ1) is 19.1. The van der Waals surface area contributed by atoms with Crippen molar-refractivity contribution in [2.45, 2.75) is 6.29 Å². The van der Waals surface area contributed by atoms with Gasteiger partial charge in [0.1, 0.15) is 22.1 Å². The van der Waals surface area contributed by atoms with E-state index < -0.39 is 18.2 Å². The molecule has 5 rings (SSSR count). The maximum Gasteiger partial charge on any atom is 0.355 e. The number of fused-ring (bicyclic) bond motifs is 1. The second-order valence-corrected chi connectivity index (χ2v) is 9.53. The van der Waals surface area contributed by atoms with E-state index in [0.717, 1.165) is 10.1 Å². The predicted molar refractivity (Wildman–Crippen MR) is 152 cm³/mol. The van der Waals surface area contributed by atoms with Crippen molar-refractivity contribution < 1.29 is 23.8 Å². The van der Waals surface area contributed by atoms with Gasteiger partial charge in [-0.3, -0.25) is 4.79 Å². The minimum absolute atomic E-state index is 0.256. The van der Waals surface area contributed by atoms with Gasteiger partial charge < -0.3 is 14.2 Å². The maximum absolute atomic E-state index is 12.9. The van der Waals surface area contributed by atoms with Gasteiger partial charge in [-0.2, -0.15) is 5.10 Å². The van der Waals surface area contributed by atoms with Gasteiger partial charge in [-0.1, -0.05) is 78.3 Å². The summed E-state index contributed by atoms with van der Waals surface area (Å²) >= 11 is 7.69. The minimum atomic E-state index is -1.31. The van der Waals surface area contributed by atoms with Gasteiger partial charge in [0.05, 0.1) is 11.2 Å². The quantitative estimate of drug-likeness (QED) is 0.0717. The smallest absolute Gasteiger partial charge is 0.355 e. The molecule has 0 aliphatic carbocycles. The largest absolute Gasteiger partial charge is 0.446 e. The summed E-state index contributed by atoms with van der Waals surface area (Å²) < 4.78 is 18.0. The molecule has 4 aromatic carbocycles. The van der Waals surface area contributed by atoms with E-state index in [1.807, 2.05) is 36.4 Å². The van der Waals surface area contributed by atoms with Crippen LogP contribution in [0.25, 0.3) is 10.1 Å². The summed E-state index contributed by atoms with van der Waals surface area (Å²) in [5.74, 6) is -0.0553. The van der Waals surface area contributed by atoms with Crippen LogP contribution in [0.3, 0.4) is 0 Å². The van der Waals surface area contributed by atoms with Crippen LogP contribution in [-0.4, -0.2) is 24.4 Å². The van der Waals surface area contributed by atoms with Crippen LogP contribution in [0.2, 0.25) is 5.02 Å². The molecule has 7 nitrogen and oxygen atoms in total. The summed E-state index contributed by atoms with van der Waals surface area (Å²) in [7, 11) is 0. The lowest BCUT2D eigenvalue weighted by Gasteiger charge is -2.18. The standard InChI is InChI=1S/C30H21ClN2O5S/c31-26-23-16-8-10-18-25(23)39-27(26)29(35)38-24-17-9-7-11-20(24)19-32-33-28(34)30(36-21-12-3-1-4-13-21)37-22-14-5-2-6-15-22/h1-19,30H,(H,33,34)/b32-19+. The highest BCUT2D eigenvalue weighted by Crippen LogP contribution is 2.36. The normalized spacial score (nSPS) is 11.0. The van der Waals surface area contributed by atoms with Crippen LogP contribution in [-0.2, 0) is 4.79 Å². The lowest BCUT2D eigenvalue weighted by Crippen LogP contribution is -2.40. The number of thiophene rings is 1. The van der Waals surface area contributed by atoms with Crippen LogP contribution >= 0.6 is 22.9 Å². The Bertz CT molecular complexity index is 1580. The summed E-state index contributed by atoms with van der Waals surface area (Å²) in [5.41, 5.74) is 2.90. The lowest BCUT2D eigenvalue weighted by atomic mass is 10.2. The summed E-state index contributed by atoms with van der Waals surface area (Å²) in [5, 5.41) is 5.18. The molecule has 0 fully saturated rings. The molecule has 0 saturated carbocycles. The Balaban J connectivity index is 1.29. The molecular weight excluding hydrogens is 536 g/mol. The molecule has 0 unspecified atom stereocenters. The molecule has 0 aliphatic heterocycles. The Labute approximate surface area is 233 Å². The first kappa shape index (κ1) is 26.0. The number of benzene rings is 4. The number of nitrogens with zero attached hydrogens (tertiary/aromatic N) is 1. The number of amides is 1. The minimum Gasteiger partial charge on any atom is -0.446 e. The molecule has 0 radical (unpaired) electrons. The van der Waals surface area contributed by atoms with Crippen molar-refractivity contribution in [2.24, 2.45) is 5.10 Å². The van der Waals surface area contributed by atoms with Crippen molar-refractivity contribution in [1.82, 2.24) is 5.43 Å². The highest BCUT2D eigenvalue weighted by molar-refractivity contribution is 7.21. The van der Waals surface area contributed by atoms with Crippen molar-refractivity contribution in [3.8, 4) is 17.2 Å². The molecule has 0 saturated heterocycles. The second-order valence-electron chi connectivity index (χ2n) is 8.10. The van der Waals surface area contributed by atoms with E-state index in [-0.39, 0.29) is 5.75 Å². The van der Waals surface area contributed by atoms with Gasteiger partial charge in [0.2, 0.25) is 0 Å². The molecule has 0 aliphatic rings. The van der Waals surface area contributed by atoms with Crippen molar-refractivity contribution in [3.63, 3.8) is 0 Å². The van der Waals surface area contributed by atoms with Gasteiger partial charge in [-0.25, -0.2) is 10.2 Å². The summed E-state index contributed by atoms with van der Waals surface area (Å²) in [6.45, 7) is 0. The maximum atomic E-state index is 12.9. The van der Waals surface area contributed by atoms with E-state index >= 15 is 0 Å². The average molecular weight is 557 g/mol. The number of carbonyl (C=O) groups excluding carboxylic acids is 2. The van der Waals surface area contributed by atoms with E-state index in [1.165, 1.54) is 17.6 Å². The third-order valence-electron chi connectivity index (χ3n) is 5.41. The molecule has 1 N–H and O–H groups in total. The van der Waals surface area contributed by atoms with E-state index in [1.54, 1.807) is 72.8 Å². The first-order valence-corrected chi connectivity index (χ1v) is 13.0. The van der Waals surface area contributed by atoms with Crippen LogP contribution in [0.5, 0.6) is 17.2 Å². The number of halogens is 1. The van der Waals surface area contributed by atoms with E-state index in [2.05, 4.69) is 10.5 Å². The molecule has 5 aromatic rings. The number of nitrogens with one attached hydrogen (secondary N) is 1. The van der Waals surface area contributed by atoms with Gasteiger partial charge in [-0.15, -0.1) is 11.3 Å². The van der Waals surface area contributed by atoms with Gasteiger partial charge in [0.15, 0.2) is 0 Å². The second kappa shape index (κ2) is 12.3. The zero-order valence-electron chi connectivity index (χ0n) is 20.3. The summed E-state index contributed by atoms with van der Waals surface area (Å²) in [4.78, 5) is 26.2. The highest BCUT2D eigenvalue weighted by atomic mass is 35.5. The Kier molecular flexibility index (Phi) is 8.16. The monoisotopic (exact) mass is 556 g/mol. The van der Waals surface area contributed by atoms with Gasteiger partial charge in [0.25, 0.3) is 0 Å². The highest BCUT2D eigenvalue weighted by Gasteiger charge is 2.23. The summed E-state index contributed by atoms with van der Waals surface area (Å²) in [6, 6.07) is 32.0.